The molecule has 1 heterocycles. The Hall–Kier alpha value is -1.92. The van der Waals surface area contributed by atoms with Crippen LogP contribution in [-0.2, 0) is 4.74 Å². The third-order valence-electron chi connectivity index (χ3n) is 4.80. The molecular formula is C18H27N5O. The molecule has 0 unspecified atom stereocenters. The zero-order valence-corrected chi connectivity index (χ0v) is 14.3. The van der Waals surface area contributed by atoms with Gasteiger partial charge in [-0.15, -0.1) is 0 Å². The van der Waals surface area contributed by atoms with Crippen LogP contribution in [0.4, 0.5) is 11.5 Å². The van der Waals surface area contributed by atoms with E-state index in [4.69, 9.17) is 10.5 Å². The maximum atomic E-state index is 5.90. The molecule has 1 aliphatic carbocycles. The van der Waals surface area contributed by atoms with Crippen LogP contribution in [0.15, 0.2) is 24.5 Å². The van der Waals surface area contributed by atoms with Gasteiger partial charge in [0.25, 0.3) is 0 Å². The standard InChI is InChI=1S/C18H27N5O/c1-24-9-8-20-15-5-2-13(3-6-15)11-21-18-16-10-14(19)4-7-17(16)22-12-23-18/h4,7,10,12-13,15,20H,2-3,5-6,8-9,11,19H2,1H3,(H,21,22,23)/t13-,15-. The second kappa shape index (κ2) is 8.26. The lowest BCUT2D eigenvalue weighted by atomic mass is 9.86. The van der Waals surface area contributed by atoms with Crippen LogP contribution in [0.5, 0.6) is 0 Å². The van der Waals surface area contributed by atoms with Crippen molar-refractivity contribution in [1.29, 1.82) is 0 Å². The summed E-state index contributed by atoms with van der Waals surface area (Å²) in [5.41, 5.74) is 7.56. The van der Waals surface area contributed by atoms with Gasteiger partial charge < -0.3 is 21.1 Å². The van der Waals surface area contributed by atoms with E-state index in [0.717, 1.165) is 42.1 Å². The van der Waals surface area contributed by atoms with E-state index in [-0.39, 0.29) is 0 Å². The first-order valence-corrected chi connectivity index (χ1v) is 8.72. The fourth-order valence-electron chi connectivity index (χ4n) is 3.39. The Balaban J connectivity index is 1.51. The summed E-state index contributed by atoms with van der Waals surface area (Å²) < 4.78 is 5.09. The van der Waals surface area contributed by atoms with Crippen LogP contribution in [0.3, 0.4) is 0 Å². The summed E-state index contributed by atoms with van der Waals surface area (Å²) in [5, 5.41) is 8.06. The SMILES string of the molecule is COCCN[C@H]1CC[C@H](CNc2ncnc3ccc(N)cc23)CC1. The molecular weight excluding hydrogens is 302 g/mol. The first-order valence-electron chi connectivity index (χ1n) is 8.72. The van der Waals surface area contributed by atoms with Gasteiger partial charge in [-0.05, 0) is 49.8 Å². The Morgan fingerprint density at radius 1 is 1.21 bits per heavy atom. The molecule has 2 aromatic rings. The van der Waals surface area contributed by atoms with Crippen LogP contribution in [0.2, 0.25) is 0 Å². The Bertz CT molecular complexity index is 655. The van der Waals surface area contributed by atoms with Gasteiger partial charge in [0.15, 0.2) is 0 Å². The van der Waals surface area contributed by atoms with Crippen LogP contribution in [0, 0.1) is 5.92 Å². The molecule has 3 rings (SSSR count). The van der Waals surface area contributed by atoms with Crippen molar-refractivity contribution >= 4 is 22.4 Å². The van der Waals surface area contributed by atoms with Crippen molar-refractivity contribution in [2.24, 2.45) is 5.92 Å². The van der Waals surface area contributed by atoms with Crippen molar-refractivity contribution < 1.29 is 4.74 Å². The number of nitrogen functional groups attached to an aromatic ring is 1. The third-order valence-corrected chi connectivity index (χ3v) is 4.80. The second-order valence-corrected chi connectivity index (χ2v) is 6.54. The summed E-state index contributed by atoms with van der Waals surface area (Å²) >= 11 is 0. The highest BCUT2D eigenvalue weighted by Crippen LogP contribution is 2.26. The molecule has 0 bridgehead atoms. The molecule has 1 aromatic carbocycles. The Labute approximate surface area is 143 Å². The molecule has 4 N–H and O–H groups in total. The van der Waals surface area contributed by atoms with Crippen molar-refractivity contribution in [3.63, 3.8) is 0 Å². The number of benzene rings is 1. The monoisotopic (exact) mass is 329 g/mol. The molecule has 6 heteroatoms. The Kier molecular flexibility index (Phi) is 5.82. The minimum Gasteiger partial charge on any atom is -0.399 e. The molecule has 1 aliphatic rings. The Morgan fingerprint density at radius 2 is 2.04 bits per heavy atom. The maximum absolute atomic E-state index is 5.90. The lowest BCUT2D eigenvalue weighted by Crippen LogP contribution is -2.36. The van der Waals surface area contributed by atoms with E-state index in [0.29, 0.717) is 12.0 Å². The predicted molar refractivity (Wildman–Crippen MR) is 98.1 cm³/mol. The minimum absolute atomic E-state index is 0.635. The molecule has 130 valence electrons. The van der Waals surface area contributed by atoms with Crippen LogP contribution in [0.25, 0.3) is 10.9 Å². The third kappa shape index (κ3) is 4.33. The number of fused-ring (bicyclic) bond motifs is 1. The largest absolute Gasteiger partial charge is 0.399 e. The van der Waals surface area contributed by atoms with Crippen LogP contribution in [0.1, 0.15) is 25.7 Å². The summed E-state index contributed by atoms with van der Waals surface area (Å²) in [6, 6.07) is 6.38. The molecule has 0 atom stereocenters. The number of nitrogens with one attached hydrogen (secondary N) is 2. The first kappa shape index (κ1) is 16.9. The van der Waals surface area contributed by atoms with Gasteiger partial charge in [-0.3, -0.25) is 0 Å². The zero-order chi connectivity index (χ0) is 16.8. The summed E-state index contributed by atoms with van der Waals surface area (Å²) in [7, 11) is 1.74. The number of methoxy groups -OCH3 is 1. The normalized spacial score (nSPS) is 21.0. The fourth-order valence-corrected chi connectivity index (χ4v) is 3.39. The smallest absolute Gasteiger partial charge is 0.137 e. The number of rotatable bonds is 7. The lowest BCUT2D eigenvalue weighted by Gasteiger charge is -2.29. The maximum Gasteiger partial charge on any atom is 0.137 e. The fraction of sp³-hybridized carbons (Fsp3) is 0.556. The average Bonchev–Trinajstić information content (AvgIpc) is 2.61. The summed E-state index contributed by atoms with van der Waals surface area (Å²) in [4.78, 5) is 8.69. The summed E-state index contributed by atoms with van der Waals surface area (Å²) in [6.45, 7) is 2.68. The van der Waals surface area contributed by atoms with Gasteiger partial charge in [-0.2, -0.15) is 0 Å². The van der Waals surface area contributed by atoms with Crippen molar-refractivity contribution in [2.75, 3.05) is 37.9 Å². The van der Waals surface area contributed by atoms with E-state index in [2.05, 4.69) is 20.6 Å². The summed E-state index contributed by atoms with van der Waals surface area (Å²) in [5.74, 6) is 1.57. The number of nitrogens with zero attached hydrogens (tertiary/aromatic N) is 2. The molecule has 0 radical (unpaired) electrons. The van der Waals surface area contributed by atoms with Gasteiger partial charge in [-0.25, -0.2) is 9.97 Å². The first-order chi connectivity index (χ1) is 11.8. The summed E-state index contributed by atoms with van der Waals surface area (Å²) in [6.07, 6.45) is 6.55. The Morgan fingerprint density at radius 3 is 2.83 bits per heavy atom. The number of hydrogen-bond donors (Lipinski definition) is 3. The van der Waals surface area contributed by atoms with Crippen LogP contribution in [-0.4, -0.2) is 42.8 Å². The van der Waals surface area contributed by atoms with Crippen molar-refractivity contribution in [2.45, 2.75) is 31.7 Å². The highest BCUT2D eigenvalue weighted by Gasteiger charge is 2.20. The van der Waals surface area contributed by atoms with Gasteiger partial charge >= 0.3 is 0 Å². The predicted octanol–water partition coefficient (Wildman–Crippen LogP) is 2.42. The van der Waals surface area contributed by atoms with E-state index in [1.54, 1.807) is 13.4 Å². The topological polar surface area (TPSA) is 85.1 Å². The van der Waals surface area contributed by atoms with E-state index >= 15 is 0 Å². The quantitative estimate of drug-likeness (QED) is 0.534. The van der Waals surface area contributed by atoms with Gasteiger partial charge in [0, 0.05) is 37.3 Å². The molecule has 1 saturated carbocycles. The van der Waals surface area contributed by atoms with E-state index in [1.165, 1.54) is 25.7 Å². The van der Waals surface area contributed by atoms with E-state index < -0.39 is 0 Å². The molecule has 1 aromatic heterocycles. The van der Waals surface area contributed by atoms with E-state index in [1.807, 2.05) is 18.2 Å². The number of ether oxygens (including phenoxy) is 1. The molecule has 0 spiro atoms. The van der Waals surface area contributed by atoms with Gasteiger partial charge in [0.2, 0.25) is 0 Å². The van der Waals surface area contributed by atoms with E-state index in [9.17, 15) is 0 Å². The number of nitrogens with two attached hydrogens (primary N) is 1. The van der Waals surface area contributed by atoms with Crippen molar-refractivity contribution in [1.82, 2.24) is 15.3 Å². The molecule has 0 saturated heterocycles. The van der Waals surface area contributed by atoms with Gasteiger partial charge in [0.1, 0.15) is 12.1 Å². The van der Waals surface area contributed by atoms with Crippen molar-refractivity contribution in [3.8, 4) is 0 Å². The zero-order valence-electron chi connectivity index (χ0n) is 14.3. The molecule has 24 heavy (non-hydrogen) atoms. The van der Waals surface area contributed by atoms with Crippen LogP contribution >= 0.6 is 0 Å². The highest BCUT2D eigenvalue weighted by atomic mass is 16.5. The molecule has 0 amide bonds. The number of hydrogen-bond acceptors (Lipinski definition) is 6. The molecule has 1 fully saturated rings. The highest BCUT2D eigenvalue weighted by molar-refractivity contribution is 5.91. The average molecular weight is 329 g/mol. The second-order valence-electron chi connectivity index (χ2n) is 6.54. The molecule has 6 nitrogen and oxygen atoms in total. The number of aromatic nitrogens is 2. The lowest BCUT2D eigenvalue weighted by molar-refractivity contribution is 0.189. The van der Waals surface area contributed by atoms with Crippen LogP contribution < -0.4 is 16.4 Å². The van der Waals surface area contributed by atoms with Gasteiger partial charge in [-0.1, -0.05) is 0 Å². The minimum atomic E-state index is 0.635. The van der Waals surface area contributed by atoms with Crippen molar-refractivity contribution in [3.05, 3.63) is 24.5 Å². The number of anilines is 2. The van der Waals surface area contributed by atoms with Gasteiger partial charge in [0.05, 0.1) is 12.1 Å². The molecule has 0 aliphatic heterocycles.